The Bertz CT molecular complexity index is 1000. The molecule has 0 radical (unpaired) electrons. The summed E-state index contributed by atoms with van der Waals surface area (Å²) in [5, 5.41) is 8.93. The fraction of sp³-hybridized carbons (Fsp3) is 0.333. The first-order chi connectivity index (χ1) is 13.6. The molecule has 1 aliphatic heterocycles. The van der Waals surface area contributed by atoms with E-state index in [1.165, 1.54) is 40.5 Å². The fourth-order valence-corrected chi connectivity index (χ4v) is 4.28. The van der Waals surface area contributed by atoms with Crippen molar-refractivity contribution in [1.82, 2.24) is 14.2 Å². The summed E-state index contributed by atoms with van der Waals surface area (Å²) >= 11 is 0. The van der Waals surface area contributed by atoms with Gasteiger partial charge in [-0.25, -0.2) is 13.4 Å². The van der Waals surface area contributed by atoms with Gasteiger partial charge in [0.2, 0.25) is 15.9 Å². The topological polar surface area (TPSA) is 86.5 Å². The lowest BCUT2D eigenvalue weighted by Crippen LogP contribution is -2.38. The van der Waals surface area contributed by atoms with E-state index in [0.717, 1.165) is 12.1 Å². The highest BCUT2D eigenvalue weighted by molar-refractivity contribution is 7.89. The van der Waals surface area contributed by atoms with Gasteiger partial charge in [0.25, 0.3) is 0 Å². The highest BCUT2D eigenvalue weighted by atomic mass is 32.2. The van der Waals surface area contributed by atoms with E-state index in [2.05, 4.69) is 4.98 Å². The second kappa shape index (κ2) is 7.88. The predicted octanol–water partition coefficient (Wildman–Crippen LogP) is 3.07. The van der Waals surface area contributed by atoms with E-state index in [-0.39, 0.29) is 22.6 Å². The minimum atomic E-state index is -4.49. The number of ether oxygens (including phenoxy) is 1. The van der Waals surface area contributed by atoms with Gasteiger partial charge in [0.15, 0.2) is 6.19 Å². The van der Waals surface area contributed by atoms with E-state index in [4.69, 9.17) is 10.00 Å². The standard InChI is InChI=1S/C18H17F3N4O3S/c1-24(14-8-9-25(11-14)12-22)29(26,27)16-5-3-15(4-6-16)28-17-7-2-13(10-23-17)18(19,20)21/h2-7,10,14H,8-9,11H2,1H3. The van der Waals surface area contributed by atoms with Gasteiger partial charge in [0, 0.05) is 38.4 Å². The first-order valence-corrected chi connectivity index (χ1v) is 9.99. The molecule has 1 aromatic heterocycles. The van der Waals surface area contributed by atoms with Crippen LogP contribution in [0.4, 0.5) is 13.2 Å². The molecule has 1 saturated heterocycles. The number of hydrogen-bond acceptors (Lipinski definition) is 6. The molecule has 0 spiro atoms. The molecule has 1 atom stereocenters. The Labute approximate surface area is 166 Å². The summed E-state index contributed by atoms with van der Waals surface area (Å²) in [4.78, 5) is 5.16. The van der Waals surface area contributed by atoms with Gasteiger partial charge in [-0.05, 0) is 36.8 Å². The Hall–Kier alpha value is -2.84. The molecule has 2 aromatic rings. The smallest absolute Gasteiger partial charge is 0.417 e. The summed E-state index contributed by atoms with van der Waals surface area (Å²) in [5.41, 5.74) is -0.892. The predicted molar refractivity (Wildman–Crippen MR) is 96.3 cm³/mol. The minimum Gasteiger partial charge on any atom is -0.439 e. The van der Waals surface area contributed by atoms with Gasteiger partial charge >= 0.3 is 6.18 Å². The molecule has 0 bridgehead atoms. The number of sulfonamides is 1. The summed E-state index contributed by atoms with van der Waals surface area (Å²) in [7, 11) is -2.29. The second-order valence-corrected chi connectivity index (χ2v) is 8.46. The van der Waals surface area contributed by atoms with Gasteiger partial charge in [-0.2, -0.15) is 22.7 Å². The van der Waals surface area contributed by atoms with Crippen LogP contribution in [0.25, 0.3) is 0 Å². The number of pyridine rings is 1. The largest absolute Gasteiger partial charge is 0.439 e. The molecule has 2 heterocycles. The van der Waals surface area contributed by atoms with Crippen molar-refractivity contribution >= 4 is 10.0 Å². The Morgan fingerprint density at radius 1 is 1.24 bits per heavy atom. The van der Waals surface area contributed by atoms with E-state index in [1.54, 1.807) is 0 Å². The average Bonchev–Trinajstić information content (AvgIpc) is 3.16. The van der Waals surface area contributed by atoms with Crippen LogP contribution in [0.5, 0.6) is 11.6 Å². The number of halogens is 3. The molecule has 1 aliphatic rings. The van der Waals surface area contributed by atoms with Gasteiger partial charge in [-0.15, -0.1) is 0 Å². The van der Waals surface area contributed by atoms with E-state index >= 15 is 0 Å². The van der Waals surface area contributed by atoms with Gasteiger partial charge in [-0.3, -0.25) is 0 Å². The van der Waals surface area contributed by atoms with Crippen molar-refractivity contribution < 1.29 is 26.3 Å². The molecule has 29 heavy (non-hydrogen) atoms. The Kier molecular flexibility index (Phi) is 5.68. The third kappa shape index (κ3) is 4.60. The van der Waals surface area contributed by atoms with Crippen molar-refractivity contribution in [3.05, 3.63) is 48.2 Å². The lowest BCUT2D eigenvalue weighted by molar-refractivity contribution is -0.137. The molecule has 1 unspecified atom stereocenters. The molecule has 0 saturated carbocycles. The van der Waals surface area contributed by atoms with E-state index in [9.17, 15) is 21.6 Å². The highest BCUT2D eigenvalue weighted by Crippen LogP contribution is 2.30. The highest BCUT2D eigenvalue weighted by Gasteiger charge is 2.33. The van der Waals surface area contributed by atoms with Crippen molar-refractivity contribution in [2.75, 3.05) is 20.1 Å². The zero-order valence-corrected chi connectivity index (χ0v) is 16.1. The SMILES string of the molecule is CN(C1CCN(C#N)C1)S(=O)(=O)c1ccc(Oc2ccc(C(F)(F)F)cn2)cc1. The van der Waals surface area contributed by atoms with Crippen LogP contribution in [0, 0.1) is 11.5 Å². The Morgan fingerprint density at radius 2 is 1.93 bits per heavy atom. The van der Waals surface area contributed by atoms with Gasteiger partial charge in [-0.1, -0.05) is 0 Å². The van der Waals surface area contributed by atoms with Crippen molar-refractivity contribution in [3.8, 4) is 17.8 Å². The quantitative estimate of drug-likeness (QED) is 0.683. The van der Waals surface area contributed by atoms with E-state index in [1.807, 2.05) is 6.19 Å². The first-order valence-electron chi connectivity index (χ1n) is 8.55. The van der Waals surface area contributed by atoms with Crippen LogP contribution in [0.3, 0.4) is 0 Å². The number of aromatic nitrogens is 1. The summed E-state index contributed by atoms with van der Waals surface area (Å²) in [6.45, 7) is 0.848. The molecule has 3 rings (SSSR count). The molecule has 154 valence electrons. The maximum atomic E-state index is 12.8. The number of likely N-dealkylation sites (tertiary alicyclic amines) is 1. The number of nitrogens with zero attached hydrogens (tertiary/aromatic N) is 4. The molecule has 0 aliphatic carbocycles. The van der Waals surface area contributed by atoms with Crippen LogP contribution >= 0.6 is 0 Å². The lowest BCUT2D eigenvalue weighted by atomic mass is 10.3. The fourth-order valence-electron chi connectivity index (χ4n) is 2.90. The summed E-state index contributed by atoms with van der Waals surface area (Å²) in [6, 6.07) is 7.13. The number of rotatable bonds is 5. The third-order valence-corrected chi connectivity index (χ3v) is 6.53. The average molecular weight is 426 g/mol. The molecular formula is C18H17F3N4O3S. The zero-order chi connectivity index (χ0) is 21.2. The van der Waals surface area contributed by atoms with Crippen LogP contribution in [0.2, 0.25) is 0 Å². The maximum absolute atomic E-state index is 12.8. The van der Waals surface area contributed by atoms with Crippen molar-refractivity contribution in [3.63, 3.8) is 0 Å². The van der Waals surface area contributed by atoms with Gasteiger partial charge in [0.05, 0.1) is 10.5 Å². The number of likely N-dealkylation sites (N-methyl/N-ethyl adjacent to an activating group) is 1. The van der Waals surface area contributed by atoms with Crippen LogP contribution in [0.15, 0.2) is 47.5 Å². The molecular weight excluding hydrogens is 409 g/mol. The van der Waals surface area contributed by atoms with Crippen molar-refractivity contribution in [2.45, 2.75) is 23.5 Å². The molecule has 0 amide bonds. The van der Waals surface area contributed by atoms with Crippen molar-refractivity contribution in [2.24, 2.45) is 0 Å². The van der Waals surface area contributed by atoms with Crippen LogP contribution < -0.4 is 4.74 Å². The molecule has 1 aromatic carbocycles. The number of benzene rings is 1. The Balaban J connectivity index is 1.70. The Morgan fingerprint density at radius 3 is 2.45 bits per heavy atom. The minimum absolute atomic E-state index is 0.0446. The normalized spacial score (nSPS) is 17.4. The summed E-state index contributed by atoms with van der Waals surface area (Å²) in [5.74, 6) is 0.184. The van der Waals surface area contributed by atoms with Crippen molar-refractivity contribution in [1.29, 1.82) is 5.26 Å². The van der Waals surface area contributed by atoms with Crippen LogP contribution in [0.1, 0.15) is 12.0 Å². The van der Waals surface area contributed by atoms with Gasteiger partial charge < -0.3 is 9.64 Å². The third-order valence-electron chi connectivity index (χ3n) is 4.61. The number of hydrogen-bond donors (Lipinski definition) is 0. The van der Waals surface area contributed by atoms with Crippen LogP contribution in [-0.4, -0.2) is 48.8 Å². The lowest BCUT2D eigenvalue weighted by Gasteiger charge is -2.23. The van der Waals surface area contributed by atoms with E-state index < -0.39 is 21.8 Å². The van der Waals surface area contributed by atoms with Crippen LogP contribution in [-0.2, 0) is 16.2 Å². The first kappa shape index (κ1) is 20.9. The maximum Gasteiger partial charge on any atom is 0.417 e. The zero-order valence-electron chi connectivity index (χ0n) is 15.3. The van der Waals surface area contributed by atoms with E-state index in [0.29, 0.717) is 25.7 Å². The summed E-state index contributed by atoms with van der Waals surface area (Å²) in [6.07, 6.45) is -1.26. The molecule has 1 fully saturated rings. The molecule has 11 heteroatoms. The number of alkyl halides is 3. The monoisotopic (exact) mass is 426 g/mol. The number of nitriles is 1. The second-order valence-electron chi connectivity index (χ2n) is 6.47. The molecule has 0 N–H and O–H groups in total. The molecule has 7 nitrogen and oxygen atoms in total. The van der Waals surface area contributed by atoms with Gasteiger partial charge in [0.1, 0.15) is 5.75 Å². The summed E-state index contributed by atoms with van der Waals surface area (Å²) < 4.78 is 69.9.